The van der Waals surface area contributed by atoms with Crippen LogP contribution in [0.5, 0.6) is 5.75 Å². The summed E-state index contributed by atoms with van der Waals surface area (Å²) in [6, 6.07) is 3.24. The van der Waals surface area contributed by atoms with Crippen LogP contribution in [0.3, 0.4) is 0 Å². The van der Waals surface area contributed by atoms with Crippen molar-refractivity contribution in [1.82, 2.24) is 0 Å². The molecular weight excluding hydrogens is 190 g/mol. The van der Waals surface area contributed by atoms with Gasteiger partial charge in [-0.25, -0.2) is 0 Å². The number of aliphatic hydroxyl groups excluding tert-OH is 1. The predicted molar refractivity (Wildman–Crippen MR) is 51.9 cm³/mol. The number of benzene rings is 1. The van der Waals surface area contributed by atoms with E-state index in [-0.39, 0.29) is 17.3 Å². The molecule has 0 saturated heterocycles. The summed E-state index contributed by atoms with van der Waals surface area (Å²) in [7, 11) is 0. The predicted octanol–water partition coefficient (Wildman–Crippen LogP) is 1.35. The molecule has 72 valence electrons. The zero-order chi connectivity index (χ0) is 10.0. The van der Waals surface area contributed by atoms with Gasteiger partial charge in [0.15, 0.2) is 0 Å². The monoisotopic (exact) mass is 201 g/mol. The third-order valence-corrected chi connectivity index (χ3v) is 2.22. The van der Waals surface area contributed by atoms with Crippen molar-refractivity contribution >= 4 is 11.6 Å². The molecule has 0 radical (unpaired) electrons. The average molecular weight is 202 g/mol. The average Bonchev–Trinajstić information content (AvgIpc) is 2.10. The van der Waals surface area contributed by atoms with Crippen LogP contribution in [0.2, 0.25) is 5.02 Å². The highest BCUT2D eigenvalue weighted by Crippen LogP contribution is 2.32. The molecule has 1 rings (SSSR count). The Hall–Kier alpha value is -0.770. The first-order chi connectivity index (χ1) is 6.06. The van der Waals surface area contributed by atoms with Gasteiger partial charge in [-0.2, -0.15) is 0 Å². The van der Waals surface area contributed by atoms with Gasteiger partial charge < -0.3 is 15.9 Å². The van der Waals surface area contributed by atoms with E-state index in [0.29, 0.717) is 5.56 Å². The van der Waals surface area contributed by atoms with Crippen LogP contribution in [-0.2, 0) is 0 Å². The summed E-state index contributed by atoms with van der Waals surface area (Å²) in [5.74, 6) is -0.0239. The summed E-state index contributed by atoms with van der Waals surface area (Å²) < 4.78 is 0. The van der Waals surface area contributed by atoms with Gasteiger partial charge in [0.05, 0.1) is 11.1 Å². The molecule has 0 spiro atoms. The van der Waals surface area contributed by atoms with Gasteiger partial charge in [0.2, 0.25) is 0 Å². The van der Waals surface area contributed by atoms with Crippen molar-refractivity contribution in [2.24, 2.45) is 5.73 Å². The number of phenols is 1. The van der Waals surface area contributed by atoms with E-state index in [1.807, 2.05) is 6.92 Å². The third-order valence-electron chi connectivity index (χ3n) is 1.81. The lowest BCUT2D eigenvalue weighted by atomic mass is 10.1. The Morgan fingerprint density at radius 3 is 2.69 bits per heavy atom. The number of phenolic OH excluding ortho intramolecular Hbond substituents is 1. The van der Waals surface area contributed by atoms with Gasteiger partial charge in [-0.3, -0.25) is 0 Å². The quantitative estimate of drug-likeness (QED) is 0.677. The number of hydrogen-bond acceptors (Lipinski definition) is 3. The lowest BCUT2D eigenvalue weighted by Gasteiger charge is -2.12. The molecule has 4 N–H and O–H groups in total. The second-order valence-corrected chi connectivity index (χ2v) is 3.32. The zero-order valence-corrected chi connectivity index (χ0v) is 8.04. The normalized spacial score (nSPS) is 12.9. The second kappa shape index (κ2) is 3.96. The number of aliphatic hydroxyl groups is 1. The summed E-state index contributed by atoms with van der Waals surface area (Å²) in [4.78, 5) is 0. The van der Waals surface area contributed by atoms with E-state index < -0.39 is 6.10 Å². The molecule has 1 atom stereocenters. The highest BCUT2D eigenvalue weighted by atomic mass is 35.5. The Morgan fingerprint density at radius 2 is 2.15 bits per heavy atom. The van der Waals surface area contributed by atoms with E-state index in [1.165, 1.54) is 6.07 Å². The van der Waals surface area contributed by atoms with Gasteiger partial charge in [-0.15, -0.1) is 0 Å². The molecular formula is C9H12ClNO2. The maximum Gasteiger partial charge on any atom is 0.134 e. The molecule has 0 aliphatic carbocycles. The summed E-state index contributed by atoms with van der Waals surface area (Å²) in [5.41, 5.74) is 6.59. The fourth-order valence-corrected chi connectivity index (χ4v) is 1.38. The van der Waals surface area contributed by atoms with Crippen LogP contribution < -0.4 is 5.73 Å². The first-order valence-electron chi connectivity index (χ1n) is 3.93. The molecule has 13 heavy (non-hydrogen) atoms. The molecule has 0 aromatic heterocycles. The zero-order valence-electron chi connectivity index (χ0n) is 7.29. The van der Waals surface area contributed by atoms with Gasteiger partial charge >= 0.3 is 0 Å². The molecule has 1 unspecified atom stereocenters. The van der Waals surface area contributed by atoms with Crippen molar-refractivity contribution in [2.75, 3.05) is 6.54 Å². The van der Waals surface area contributed by atoms with E-state index in [2.05, 4.69) is 0 Å². The summed E-state index contributed by atoms with van der Waals surface area (Å²) in [5, 5.41) is 18.9. The van der Waals surface area contributed by atoms with Crippen LogP contribution in [0.25, 0.3) is 0 Å². The number of rotatable bonds is 2. The number of nitrogens with two attached hydrogens (primary N) is 1. The second-order valence-electron chi connectivity index (χ2n) is 2.94. The SMILES string of the molecule is Cc1cc(O)c(Cl)c(C(O)CN)c1. The Morgan fingerprint density at radius 1 is 1.54 bits per heavy atom. The molecule has 1 aromatic rings. The standard InChI is InChI=1S/C9H12ClNO2/c1-5-2-6(8(13)4-11)9(10)7(12)3-5/h2-3,8,12-13H,4,11H2,1H3. The Labute approximate surface area is 81.8 Å². The van der Waals surface area contributed by atoms with Gasteiger partial charge in [0, 0.05) is 12.1 Å². The van der Waals surface area contributed by atoms with E-state index in [9.17, 15) is 10.2 Å². The van der Waals surface area contributed by atoms with Gasteiger partial charge in [0.25, 0.3) is 0 Å². The number of hydrogen-bond donors (Lipinski definition) is 3. The minimum Gasteiger partial charge on any atom is -0.506 e. The molecule has 0 saturated carbocycles. The van der Waals surface area contributed by atoms with E-state index in [0.717, 1.165) is 5.56 Å². The number of halogens is 1. The lowest BCUT2D eigenvalue weighted by molar-refractivity contribution is 0.186. The minimum absolute atomic E-state index is 0.0239. The Bertz CT molecular complexity index is 315. The molecule has 0 amide bonds. The van der Waals surface area contributed by atoms with Gasteiger partial charge in [0.1, 0.15) is 5.75 Å². The molecule has 1 aromatic carbocycles. The summed E-state index contributed by atoms with van der Waals surface area (Å²) >= 11 is 5.77. The highest BCUT2D eigenvalue weighted by Gasteiger charge is 2.13. The number of aromatic hydroxyl groups is 1. The van der Waals surface area contributed by atoms with Crippen molar-refractivity contribution < 1.29 is 10.2 Å². The van der Waals surface area contributed by atoms with Crippen LogP contribution in [0.4, 0.5) is 0 Å². The van der Waals surface area contributed by atoms with Crippen LogP contribution >= 0.6 is 11.6 Å². The first kappa shape index (κ1) is 10.3. The van der Waals surface area contributed by atoms with Gasteiger partial charge in [-0.05, 0) is 18.6 Å². The van der Waals surface area contributed by atoms with Crippen LogP contribution in [-0.4, -0.2) is 16.8 Å². The molecule has 0 bridgehead atoms. The molecule has 0 heterocycles. The fraction of sp³-hybridized carbons (Fsp3) is 0.333. The summed E-state index contributed by atoms with van der Waals surface area (Å²) in [6.45, 7) is 1.89. The van der Waals surface area contributed by atoms with Crippen molar-refractivity contribution in [2.45, 2.75) is 13.0 Å². The maximum atomic E-state index is 9.44. The third kappa shape index (κ3) is 2.12. The largest absolute Gasteiger partial charge is 0.506 e. The van der Waals surface area contributed by atoms with Crippen molar-refractivity contribution in [3.8, 4) is 5.75 Å². The molecule has 0 fully saturated rings. The highest BCUT2D eigenvalue weighted by molar-refractivity contribution is 6.32. The first-order valence-corrected chi connectivity index (χ1v) is 4.31. The van der Waals surface area contributed by atoms with E-state index >= 15 is 0 Å². The fourth-order valence-electron chi connectivity index (χ4n) is 1.15. The van der Waals surface area contributed by atoms with Crippen LogP contribution in [0, 0.1) is 6.92 Å². The topological polar surface area (TPSA) is 66.5 Å². The number of aryl methyl sites for hydroxylation is 1. The van der Waals surface area contributed by atoms with Crippen molar-refractivity contribution in [1.29, 1.82) is 0 Å². The molecule has 0 aliphatic heterocycles. The summed E-state index contributed by atoms with van der Waals surface area (Å²) in [6.07, 6.45) is -0.821. The van der Waals surface area contributed by atoms with Crippen molar-refractivity contribution in [3.05, 3.63) is 28.3 Å². The van der Waals surface area contributed by atoms with E-state index in [4.69, 9.17) is 17.3 Å². The lowest BCUT2D eigenvalue weighted by Crippen LogP contribution is -2.12. The van der Waals surface area contributed by atoms with E-state index in [1.54, 1.807) is 6.07 Å². The Balaban J connectivity index is 3.20. The van der Waals surface area contributed by atoms with Crippen LogP contribution in [0.15, 0.2) is 12.1 Å². The molecule has 0 aliphatic rings. The minimum atomic E-state index is -0.821. The molecule has 4 heteroatoms. The smallest absolute Gasteiger partial charge is 0.134 e. The van der Waals surface area contributed by atoms with Gasteiger partial charge in [-0.1, -0.05) is 17.7 Å². The van der Waals surface area contributed by atoms with Crippen LogP contribution in [0.1, 0.15) is 17.2 Å². The van der Waals surface area contributed by atoms with Crippen molar-refractivity contribution in [3.63, 3.8) is 0 Å². The maximum absolute atomic E-state index is 9.44. The molecule has 3 nitrogen and oxygen atoms in total. The Kier molecular flexibility index (Phi) is 3.14.